The van der Waals surface area contributed by atoms with Crippen LogP contribution in [0.2, 0.25) is 0 Å². The zero-order valence-electron chi connectivity index (χ0n) is 10.9. The minimum absolute atomic E-state index is 0.219. The van der Waals surface area contributed by atoms with Gasteiger partial charge in [0.15, 0.2) is 0 Å². The van der Waals surface area contributed by atoms with Gasteiger partial charge in [-0.1, -0.05) is 23.9 Å². The number of nitrogens with zero attached hydrogens (tertiary/aromatic N) is 1. The van der Waals surface area contributed by atoms with Crippen LogP contribution in [0.1, 0.15) is 5.69 Å². The van der Waals surface area contributed by atoms with E-state index in [-0.39, 0.29) is 5.82 Å². The normalized spacial score (nSPS) is 10.9. The maximum absolute atomic E-state index is 13.8. The molecule has 2 N–H and O–H groups in total. The van der Waals surface area contributed by atoms with E-state index in [9.17, 15) is 4.39 Å². The number of hydrogen-bond acceptors (Lipinski definition) is 3. The van der Waals surface area contributed by atoms with Gasteiger partial charge in [0.1, 0.15) is 5.82 Å². The third-order valence-electron chi connectivity index (χ3n) is 2.98. The third-order valence-corrected chi connectivity index (χ3v) is 4.09. The Balaban J connectivity index is 2.15. The first kappa shape index (κ1) is 12.9. The highest BCUT2D eigenvalue weighted by Crippen LogP contribution is 2.35. The largest absolute Gasteiger partial charge is 0.399 e. The molecule has 0 radical (unpaired) electrons. The maximum Gasteiger partial charge on any atom is 0.137 e. The molecule has 0 spiro atoms. The number of fused-ring (bicyclic) bond motifs is 1. The van der Waals surface area contributed by atoms with Crippen molar-refractivity contribution >= 4 is 28.4 Å². The first-order valence-corrected chi connectivity index (χ1v) is 7.04. The molecule has 0 saturated carbocycles. The molecule has 1 heterocycles. The van der Waals surface area contributed by atoms with E-state index in [4.69, 9.17) is 5.73 Å². The quantitative estimate of drug-likeness (QED) is 0.708. The van der Waals surface area contributed by atoms with Crippen LogP contribution in [0.25, 0.3) is 10.9 Å². The van der Waals surface area contributed by atoms with E-state index < -0.39 is 0 Å². The smallest absolute Gasteiger partial charge is 0.137 e. The van der Waals surface area contributed by atoms with Gasteiger partial charge in [-0.3, -0.25) is 4.98 Å². The molecule has 2 nitrogen and oxygen atoms in total. The number of halogens is 1. The molecule has 0 saturated heterocycles. The summed E-state index contributed by atoms with van der Waals surface area (Å²) in [5.74, 6) is -0.219. The Morgan fingerprint density at radius 3 is 2.65 bits per heavy atom. The summed E-state index contributed by atoms with van der Waals surface area (Å²) in [7, 11) is 0. The topological polar surface area (TPSA) is 38.9 Å². The van der Waals surface area contributed by atoms with Gasteiger partial charge < -0.3 is 5.73 Å². The number of aryl methyl sites for hydroxylation is 1. The zero-order valence-corrected chi connectivity index (χ0v) is 11.7. The lowest BCUT2D eigenvalue weighted by atomic mass is 10.2. The van der Waals surface area contributed by atoms with Crippen molar-refractivity contribution < 1.29 is 4.39 Å². The standard InChI is InChI=1S/C16H13FN2S/c1-10-8-16(20-15-5-3-2-4-13(15)17)12-9-11(18)6-7-14(12)19-10/h2-9H,18H2,1H3. The number of hydrogen-bond donors (Lipinski definition) is 1. The van der Waals surface area contributed by atoms with Gasteiger partial charge >= 0.3 is 0 Å². The van der Waals surface area contributed by atoms with Gasteiger partial charge in [0.2, 0.25) is 0 Å². The van der Waals surface area contributed by atoms with Crippen molar-refractivity contribution in [3.8, 4) is 0 Å². The van der Waals surface area contributed by atoms with Crippen LogP contribution >= 0.6 is 11.8 Å². The minimum Gasteiger partial charge on any atom is -0.399 e. The summed E-state index contributed by atoms with van der Waals surface area (Å²) in [6, 6.07) is 14.3. The number of nitrogen functional groups attached to an aromatic ring is 1. The van der Waals surface area contributed by atoms with Crippen molar-refractivity contribution in [1.82, 2.24) is 4.98 Å². The van der Waals surface area contributed by atoms with Crippen molar-refractivity contribution in [3.05, 3.63) is 60.0 Å². The van der Waals surface area contributed by atoms with Gasteiger partial charge in [-0.05, 0) is 43.3 Å². The van der Waals surface area contributed by atoms with Crippen LogP contribution in [0.4, 0.5) is 10.1 Å². The van der Waals surface area contributed by atoms with Crippen molar-refractivity contribution in [2.24, 2.45) is 0 Å². The molecule has 3 rings (SSSR count). The lowest BCUT2D eigenvalue weighted by Crippen LogP contribution is -1.90. The van der Waals surface area contributed by atoms with Gasteiger partial charge in [0.05, 0.1) is 5.52 Å². The lowest BCUT2D eigenvalue weighted by molar-refractivity contribution is 0.602. The van der Waals surface area contributed by atoms with Crippen molar-refractivity contribution in [2.75, 3.05) is 5.73 Å². The highest BCUT2D eigenvalue weighted by molar-refractivity contribution is 7.99. The van der Waals surface area contributed by atoms with E-state index in [1.165, 1.54) is 17.8 Å². The monoisotopic (exact) mass is 284 g/mol. The molecule has 0 amide bonds. The predicted octanol–water partition coefficient (Wildman–Crippen LogP) is 4.42. The molecule has 0 atom stereocenters. The van der Waals surface area contributed by atoms with E-state index in [0.717, 1.165) is 21.5 Å². The molecule has 0 bridgehead atoms. The van der Waals surface area contributed by atoms with Crippen LogP contribution in [-0.2, 0) is 0 Å². The summed E-state index contributed by atoms with van der Waals surface area (Å²) in [4.78, 5) is 6.04. The van der Waals surface area contributed by atoms with Gasteiger partial charge in [0, 0.05) is 26.6 Å². The van der Waals surface area contributed by atoms with Crippen LogP contribution in [0.3, 0.4) is 0 Å². The highest BCUT2D eigenvalue weighted by atomic mass is 32.2. The molecule has 0 aliphatic rings. The third kappa shape index (κ3) is 2.47. The molecule has 0 aliphatic heterocycles. The van der Waals surface area contributed by atoms with Crippen LogP contribution in [0.15, 0.2) is 58.3 Å². The summed E-state index contributed by atoms with van der Waals surface area (Å²) < 4.78 is 13.8. The van der Waals surface area contributed by atoms with Crippen LogP contribution in [-0.4, -0.2) is 4.98 Å². The van der Waals surface area contributed by atoms with Gasteiger partial charge in [-0.15, -0.1) is 0 Å². The molecule has 0 fully saturated rings. The molecule has 2 aromatic carbocycles. The lowest BCUT2D eigenvalue weighted by Gasteiger charge is -2.09. The molecule has 100 valence electrons. The summed E-state index contributed by atoms with van der Waals surface area (Å²) in [5.41, 5.74) is 8.30. The van der Waals surface area contributed by atoms with Crippen molar-refractivity contribution in [1.29, 1.82) is 0 Å². The zero-order chi connectivity index (χ0) is 14.1. The molecule has 20 heavy (non-hydrogen) atoms. The molecule has 3 aromatic rings. The average molecular weight is 284 g/mol. The van der Waals surface area contributed by atoms with Crippen LogP contribution < -0.4 is 5.73 Å². The molecule has 4 heteroatoms. The number of nitrogens with two attached hydrogens (primary N) is 1. The Morgan fingerprint density at radius 2 is 1.85 bits per heavy atom. The number of pyridine rings is 1. The molecule has 0 aliphatic carbocycles. The fraction of sp³-hybridized carbons (Fsp3) is 0.0625. The average Bonchev–Trinajstić information content (AvgIpc) is 2.42. The fourth-order valence-corrected chi connectivity index (χ4v) is 3.12. The van der Waals surface area contributed by atoms with Crippen molar-refractivity contribution in [3.63, 3.8) is 0 Å². The number of rotatable bonds is 2. The second kappa shape index (κ2) is 5.13. The van der Waals surface area contributed by atoms with E-state index in [1.807, 2.05) is 37.3 Å². The fourth-order valence-electron chi connectivity index (χ4n) is 2.07. The molecule has 0 unspecified atom stereocenters. The van der Waals surface area contributed by atoms with Crippen LogP contribution in [0, 0.1) is 12.7 Å². The summed E-state index contributed by atoms with van der Waals surface area (Å²) in [5, 5.41) is 0.948. The van der Waals surface area contributed by atoms with E-state index in [2.05, 4.69) is 4.98 Å². The van der Waals surface area contributed by atoms with Gasteiger partial charge in [-0.2, -0.15) is 0 Å². The number of aromatic nitrogens is 1. The SMILES string of the molecule is Cc1cc(Sc2ccccc2F)c2cc(N)ccc2n1. The summed E-state index contributed by atoms with van der Waals surface area (Å²) >= 11 is 1.40. The van der Waals surface area contributed by atoms with Crippen LogP contribution in [0.5, 0.6) is 0 Å². The Morgan fingerprint density at radius 1 is 1.05 bits per heavy atom. The van der Waals surface area contributed by atoms with E-state index in [0.29, 0.717) is 10.6 Å². The predicted molar refractivity (Wildman–Crippen MR) is 81.4 cm³/mol. The molecular formula is C16H13FN2S. The van der Waals surface area contributed by atoms with Crippen molar-refractivity contribution in [2.45, 2.75) is 16.7 Å². The summed E-state index contributed by atoms with van der Waals surface area (Å²) in [6.07, 6.45) is 0. The number of anilines is 1. The molecular weight excluding hydrogens is 271 g/mol. The first-order valence-electron chi connectivity index (χ1n) is 6.23. The Hall–Kier alpha value is -2.07. The Bertz CT molecular complexity index is 787. The maximum atomic E-state index is 13.8. The van der Waals surface area contributed by atoms with E-state index >= 15 is 0 Å². The first-order chi connectivity index (χ1) is 9.63. The number of benzene rings is 2. The molecule has 1 aromatic heterocycles. The summed E-state index contributed by atoms with van der Waals surface area (Å²) in [6.45, 7) is 1.93. The highest BCUT2D eigenvalue weighted by Gasteiger charge is 2.09. The van der Waals surface area contributed by atoms with E-state index in [1.54, 1.807) is 12.1 Å². The Labute approximate surface area is 120 Å². The van der Waals surface area contributed by atoms with Gasteiger partial charge in [0.25, 0.3) is 0 Å². The second-order valence-corrected chi connectivity index (χ2v) is 5.65. The minimum atomic E-state index is -0.219. The van der Waals surface area contributed by atoms with Gasteiger partial charge in [-0.25, -0.2) is 4.39 Å². The Kier molecular flexibility index (Phi) is 3.32. The second-order valence-electron chi connectivity index (χ2n) is 4.57.